The summed E-state index contributed by atoms with van der Waals surface area (Å²) in [6, 6.07) is 3.00. The lowest BCUT2D eigenvalue weighted by atomic mass is 9.73. The molecular weight excluding hydrogens is 429 g/mol. The van der Waals surface area contributed by atoms with Crippen LogP contribution in [0.1, 0.15) is 128 Å². The smallest absolute Gasteiger partial charge is 0.475 e. The number of hydrogen-bond acceptors (Lipinski definition) is 3. The molecule has 0 aromatic carbocycles. The second-order valence-corrected chi connectivity index (χ2v) is 10.3. The monoisotopic (exact) mass is 474 g/mol. The summed E-state index contributed by atoms with van der Waals surface area (Å²) in [6.45, 7) is 0. The van der Waals surface area contributed by atoms with E-state index in [9.17, 15) is 18.4 Å². The molecule has 1 atom stereocenters. The number of nitriles is 1. The molecule has 0 aromatic heterocycles. The van der Waals surface area contributed by atoms with Crippen LogP contribution < -0.4 is 5.73 Å². The number of carboxylic acids is 1. The SMILES string of the molecule is N#CC12CCCCCCCC(CCCCCCC1)CCCCCC(N)C2.O=C(O)C(F)(F)F. The third-order valence-electron chi connectivity index (χ3n) is 7.36. The predicted octanol–water partition coefficient (Wildman–Crippen LogP) is 7.90. The van der Waals surface area contributed by atoms with Crippen molar-refractivity contribution < 1.29 is 23.1 Å². The van der Waals surface area contributed by atoms with Crippen molar-refractivity contribution in [1.82, 2.24) is 0 Å². The van der Waals surface area contributed by atoms with Crippen LogP contribution in [0, 0.1) is 22.7 Å². The van der Waals surface area contributed by atoms with Gasteiger partial charge in [-0.2, -0.15) is 18.4 Å². The first-order chi connectivity index (χ1) is 15.7. The lowest BCUT2D eigenvalue weighted by Crippen LogP contribution is -2.31. The number of aliphatic carboxylic acids is 1. The van der Waals surface area contributed by atoms with Gasteiger partial charge in [0, 0.05) is 6.04 Å². The molecule has 3 N–H and O–H groups in total. The number of nitrogens with zero attached hydrogens (tertiary/aromatic N) is 1. The molecule has 4 nitrogen and oxygen atoms in total. The number of carbonyl (C=O) groups is 1. The summed E-state index contributed by atoms with van der Waals surface area (Å²) in [7, 11) is 0. The Morgan fingerprint density at radius 3 is 1.58 bits per heavy atom. The van der Waals surface area contributed by atoms with Crippen molar-refractivity contribution in [1.29, 1.82) is 5.26 Å². The molecule has 0 heterocycles. The Balaban J connectivity index is 0.000000675. The van der Waals surface area contributed by atoms with Crippen molar-refractivity contribution >= 4 is 5.97 Å². The Labute approximate surface area is 198 Å². The van der Waals surface area contributed by atoms with Gasteiger partial charge in [-0.05, 0) is 31.6 Å². The molecule has 1 unspecified atom stereocenters. The predicted molar refractivity (Wildman–Crippen MR) is 126 cm³/mol. The van der Waals surface area contributed by atoms with Crippen molar-refractivity contribution in [3.05, 3.63) is 0 Å². The number of hydrogen-bond donors (Lipinski definition) is 2. The normalized spacial score (nSPS) is 29.5. The third kappa shape index (κ3) is 13.9. The Hall–Kier alpha value is -1.29. The highest BCUT2D eigenvalue weighted by Crippen LogP contribution is 2.37. The van der Waals surface area contributed by atoms with E-state index in [2.05, 4.69) is 6.07 Å². The molecule has 0 aliphatic heterocycles. The van der Waals surface area contributed by atoms with Gasteiger partial charge in [0.2, 0.25) is 0 Å². The highest BCUT2D eigenvalue weighted by molar-refractivity contribution is 5.73. The molecule has 7 heteroatoms. The van der Waals surface area contributed by atoms with Gasteiger partial charge in [-0.15, -0.1) is 0 Å². The van der Waals surface area contributed by atoms with Gasteiger partial charge in [-0.25, -0.2) is 4.79 Å². The summed E-state index contributed by atoms with van der Waals surface area (Å²) in [5.41, 5.74) is 6.37. The first-order valence-electron chi connectivity index (χ1n) is 13.2. The summed E-state index contributed by atoms with van der Waals surface area (Å²) in [5, 5.41) is 17.2. The van der Waals surface area contributed by atoms with Gasteiger partial charge >= 0.3 is 12.1 Å². The van der Waals surface area contributed by atoms with E-state index in [0.717, 1.165) is 31.6 Å². The summed E-state index contributed by atoms with van der Waals surface area (Å²) < 4.78 is 31.7. The fourth-order valence-electron chi connectivity index (χ4n) is 5.39. The van der Waals surface area contributed by atoms with Gasteiger partial charge in [-0.3, -0.25) is 0 Å². The van der Waals surface area contributed by atoms with Crippen LogP contribution in [0.25, 0.3) is 0 Å². The zero-order valence-corrected chi connectivity index (χ0v) is 20.3. The number of nitrogens with two attached hydrogens (primary N) is 1. The summed E-state index contributed by atoms with van der Waals surface area (Å²) in [6.07, 6.45) is 20.9. The Morgan fingerprint density at radius 1 is 0.788 bits per heavy atom. The van der Waals surface area contributed by atoms with E-state index < -0.39 is 12.1 Å². The second-order valence-electron chi connectivity index (χ2n) is 10.3. The molecule has 0 radical (unpaired) electrons. The van der Waals surface area contributed by atoms with Crippen molar-refractivity contribution in [2.75, 3.05) is 0 Å². The molecule has 3 fully saturated rings. The molecule has 2 bridgehead atoms. The van der Waals surface area contributed by atoms with Crippen molar-refractivity contribution in [3.63, 3.8) is 0 Å². The number of fused-ring (bicyclic) bond motifs is 18. The van der Waals surface area contributed by atoms with E-state index in [-0.39, 0.29) is 11.5 Å². The molecule has 33 heavy (non-hydrogen) atoms. The minimum absolute atomic E-state index is 0.140. The Morgan fingerprint density at radius 2 is 1.15 bits per heavy atom. The van der Waals surface area contributed by atoms with Crippen molar-refractivity contribution in [2.24, 2.45) is 17.1 Å². The van der Waals surface area contributed by atoms with Crippen LogP contribution in [-0.4, -0.2) is 23.3 Å². The molecular formula is C26H45F3N2O2. The minimum atomic E-state index is -5.08. The zero-order chi connectivity index (χ0) is 24.6. The van der Waals surface area contributed by atoms with Gasteiger partial charge in [0.15, 0.2) is 0 Å². The lowest BCUT2D eigenvalue weighted by molar-refractivity contribution is -0.192. The molecule has 192 valence electrons. The number of alkyl halides is 3. The average Bonchev–Trinajstić information content (AvgIpc) is 2.74. The molecule has 3 aliphatic rings. The van der Waals surface area contributed by atoms with E-state index in [4.69, 9.17) is 15.6 Å². The van der Waals surface area contributed by atoms with E-state index in [1.807, 2.05) is 0 Å². The minimum Gasteiger partial charge on any atom is -0.475 e. The van der Waals surface area contributed by atoms with Crippen molar-refractivity contribution in [2.45, 2.75) is 141 Å². The molecule has 0 spiro atoms. The first kappa shape index (κ1) is 29.7. The maximum absolute atomic E-state index is 10.6. The lowest BCUT2D eigenvalue weighted by Gasteiger charge is -2.30. The molecule has 0 amide bonds. The maximum atomic E-state index is 10.6. The summed E-state index contributed by atoms with van der Waals surface area (Å²) in [5.74, 6) is -1.77. The van der Waals surface area contributed by atoms with E-state index >= 15 is 0 Å². The van der Waals surface area contributed by atoms with Crippen LogP contribution in [0.15, 0.2) is 0 Å². The van der Waals surface area contributed by atoms with Crippen LogP contribution in [0.5, 0.6) is 0 Å². The maximum Gasteiger partial charge on any atom is 0.490 e. The zero-order valence-electron chi connectivity index (χ0n) is 20.3. The Bertz CT molecular complexity index is 557. The van der Waals surface area contributed by atoms with Crippen molar-refractivity contribution in [3.8, 4) is 6.07 Å². The van der Waals surface area contributed by atoms with Gasteiger partial charge < -0.3 is 10.8 Å². The van der Waals surface area contributed by atoms with Gasteiger partial charge in [0.1, 0.15) is 0 Å². The van der Waals surface area contributed by atoms with E-state index in [1.165, 1.54) is 103 Å². The van der Waals surface area contributed by atoms with Gasteiger partial charge in [-0.1, -0.05) is 103 Å². The van der Waals surface area contributed by atoms with Gasteiger partial charge in [0.25, 0.3) is 0 Å². The number of rotatable bonds is 0. The number of halogens is 3. The molecule has 0 saturated heterocycles. The summed E-state index contributed by atoms with van der Waals surface area (Å²) in [4.78, 5) is 8.90. The van der Waals surface area contributed by atoms with Gasteiger partial charge in [0.05, 0.1) is 11.5 Å². The fourth-order valence-corrected chi connectivity index (χ4v) is 5.39. The molecule has 3 saturated carbocycles. The first-order valence-corrected chi connectivity index (χ1v) is 13.2. The quantitative estimate of drug-likeness (QED) is 0.373. The van der Waals surface area contributed by atoms with Crippen LogP contribution in [0.3, 0.4) is 0 Å². The standard InChI is InChI=1S/C24H44N2.C2HF3O2/c25-21-24-18-12-5-1-3-8-14-22(15-9-4-2-6-13-19-24)16-10-7-11-17-23(26)20-24;3-2(4,5)1(6)7/h22-23H,1-20,26H2;(H,6,7). The Kier molecular flexibility index (Phi) is 14.7. The molecule has 3 rings (SSSR count). The van der Waals surface area contributed by atoms with Crippen LogP contribution in [0.2, 0.25) is 0 Å². The fraction of sp³-hybridized carbons (Fsp3) is 0.923. The average molecular weight is 475 g/mol. The van der Waals surface area contributed by atoms with E-state index in [1.54, 1.807) is 0 Å². The van der Waals surface area contributed by atoms with E-state index in [0.29, 0.717) is 0 Å². The largest absolute Gasteiger partial charge is 0.490 e. The number of carboxylic acid groups (broad SMARTS) is 1. The van der Waals surface area contributed by atoms with Crippen LogP contribution >= 0.6 is 0 Å². The molecule has 3 aliphatic carbocycles. The summed E-state index contributed by atoms with van der Waals surface area (Å²) >= 11 is 0. The topological polar surface area (TPSA) is 87.1 Å². The van der Waals surface area contributed by atoms with Crippen LogP contribution in [-0.2, 0) is 4.79 Å². The molecule has 0 aromatic rings. The van der Waals surface area contributed by atoms with Crippen LogP contribution in [0.4, 0.5) is 13.2 Å². The second kappa shape index (κ2) is 16.4. The highest BCUT2D eigenvalue weighted by Gasteiger charge is 2.38. The highest BCUT2D eigenvalue weighted by atomic mass is 19.4. The third-order valence-corrected chi connectivity index (χ3v) is 7.36.